The molecule has 9 nitrogen and oxygen atoms in total. The fraction of sp³-hybridized carbons (Fsp3) is 0.812. The van der Waals surface area contributed by atoms with Gasteiger partial charge in [-0.05, 0) is 41.5 Å². The summed E-state index contributed by atoms with van der Waals surface area (Å²) in [4.78, 5) is 0. The quantitative estimate of drug-likeness (QED) is 0.0883. The third kappa shape index (κ3) is 35.2. The van der Waals surface area contributed by atoms with Crippen molar-refractivity contribution >= 4 is 27.3 Å². The zero-order chi connectivity index (χ0) is 25.3. The molecule has 0 atom stereocenters. The van der Waals surface area contributed by atoms with E-state index in [-0.39, 0.29) is 20.4 Å². The molecule has 0 fully saturated rings. The van der Waals surface area contributed by atoms with Gasteiger partial charge >= 0.3 is 43.1 Å². The zero-order valence-electron chi connectivity index (χ0n) is 19.2. The van der Waals surface area contributed by atoms with Crippen molar-refractivity contribution in [2.45, 2.75) is 47.1 Å². The average Bonchev–Trinajstić information content (AvgIpc) is 2.63. The number of allylic oxidation sites excluding steroid dienone is 1. The summed E-state index contributed by atoms with van der Waals surface area (Å²) in [5, 5.41) is 0. The number of halogens is 3. The first-order chi connectivity index (χ1) is 14.4. The molecule has 0 aromatic heterocycles. The van der Waals surface area contributed by atoms with Crippen molar-refractivity contribution in [2.75, 3.05) is 39.6 Å². The topological polar surface area (TPSA) is 113 Å². The average molecular weight is 629 g/mol. The number of rotatable bonds is 12. The number of hydrogen-bond acceptors (Lipinski definition) is 9. The molecule has 0 aliphatic heterocycles. The predicted octanol–water partition coefficient (Wildman–Crippen LogP) is 5.70. The summed E-state index contributed by atoms with van der Waals surface area (Å²) in [6, 6.07) is 0. The van der Waals surface area contributed by atoms with E-state index in [1.807, 2.05) is 41.5 Å². The summed E-state index contributed by atoms with van der Waals surface area (Å²) in [5.74, 6) is 0. The Labute approximate surface area is 207 Å². The maximum absolute atomic E-state index is 10.7. The van der Waals surface area contributed by atoms with Crippen LogP contribution in [-0.4, -0.2) is 58.1 Å². The Bertz CT molecular complexity index is 430. The van der Waals surface area contributed by atoms with Gasteiger partial charge in [0, 0.05) is 0 Å². The van der Waals surface area contributed by atoms with Crippen LogP contribution in [0.3, 0.4) is 0 Å². The van der Waals surface area contributed by atoms with Crippen LogP contribution in [0.4, 0.5) is 13.2 Å². The predicted molar refractivity (Wildman–Crippen MR) is 115 cm³/mol. The maximum atomic E-state index is 10.7. The summed E-state index contributed by atoms with van der Waals surface area (Å²) < 4.78 is 89.8. The van der Waals surface area contributed by atoms with Crippen molar-refractivity contribution < 1.29 is 73.7 Å². The molecule has 0 heterocycles. The molecule has 0 unspecified atom stereocenters. The van der Waals surface area contributed by atoms with Gasteiger partial charge in [0.1, 0.15) is 0 Å². The van der Waals surface area contributed by atoms with E-state index in [2.05, 4.69) is 13.5 Å². The molecular weight excluding hydrogens is 594 g/mol. The first-order valence-electron chi connectivity index (χ1n) is 9.16. The molecule has 0 aromatic rings. The van der Waals surface area contributed by atoms with Crippen LogP contribution < -0.4 is 0 Å². The molecule has 16 heteroatoms. The van der Waals surface area contributed by atoms with Crippen LogP contribution in [0.1, 0.15) is 41.5 Å². The molecule has 0 rings (SSSR count). The first kappa shape index (κ1) is 42.7. The van der Waals surface area contributed by atoms with Gasteiger partial charge in [0.05, 0.1) is 39.6 Å². The molecule has 0 spiro atoms. The van der Waals surface area contributed by atoms with Crippen LogP contribution in [0.15, 0.2) is 12.7 Å². The second kappa shape index (κ2) is 29.6. The normalized spacial score (nSPS) is 10.6. The van der Waals surface area contributed by atoms with Gasteiger partial charge in [-0.1, -0.05) is 0 Å². The molecule has 0 aliphatic rings. The van der Waals surface area contributed by atoms with Crippen molar-refractivity contribution in [1.29, 1.82) is 0 Å². The Kier molecular flexibility index (Phi) is 39.6. The molecule has 0 aromatic carbocycles. The van der Waals surface area contributed by atoms with Crippen molar-refractivity contribution in [3.05, 3.63) is 19.6 Å². The fourth-order valence-electron chi connectivity index (χ4n) is 0.856. The molecule has 0 saturated carbocycles. The molecule has 0 amide bonds. The minimum Gasteiger partial charge on any atom is -0.741 e. The SMILES string of the molecule is C=C[CH2-].CCOP(OCC)OCC.CCOP(OCC)OCC.O=S(=O)([O-])C(F)(F)F.[Pd+2]. The Morgan fingerprint density at radius 1 is 0.781 bits per heavy atom. The minimum absolute atomic E-state index is 0. The van der Waals surface area contributed by atoms with Crippen molar-refractivity contribution in [1.82, 2.24) is 0 Å². The Morgan fingerprint density at radius 3 is 0.969 bits per heavy atom. The molecule has 32 heavy (non-hydrogen) atoms. The van der Waals surface area contributed by atoms with E-state index in [4.69, 9.17) is 40.1 Å². The van der Waals surface area contributed by atoms with E-state index < -0.39 is 32.8 Å². The standard InChI is InChI=1S/2C6H15O3P.C3H5.CHF3O3S.Pd/c2*1-4-7-10(8-5-2)9-6-3;1-3-2;2-1(3,4)8(5,6)7;/h2*4-6H2,1-3H3;3H,1-2H2;(H,5,6,7);/q;;-1;;+2/p-1. The number of hydrogen-bond donors (Lipinski definition) is 0. The largest absolute Gasteiger partial charge is 2.00 e. The third-order valence-corrected chi connectivity index (χ3v) is 5.07. The van der Waals surface area contributed by atoms with E-state index in [0.717, 1.165) is 0 Å². The number of alkyl halides is 3. The Morgan fingerprint density at radius 2 is 0.906 bits per heavy atom. The van der Waals surface area contributed by atoms with Crippen molar-refractivity contribution in [2.24, 2.45) is 0 Å². The summed E-state index contributed by atoms with van der Waals surface area (Å²) >= 11 is 0. The summed E-state index contributed by atoms with van der Waals surface area (Å²) in [6.45, 7) is 21.9. The second-order valence-corrected chi connectivity index (χ2v) is 7.96. The van der Waals surface area contributed by atoms with E-state index in [0.29, 0.717) is 39.6 Å². The van der Waals surface area contributed by atoms with Gasteiger partial charge in [0.15, 0.2) is 10.1 Å². The van der Waals surface area contributed by atoms with Gasteiger partial charge in [-0.2, -0.15) is 13.2 Å². The second-order valence-electron chi connectivity index (χ2n) is 4.14. The van der Waals surface area contributed by atoms with E-state index in [9.17, 15) is 13.2 Å². The molecule has 0 N–H and O–H groups in total. The molecule has 0 bridgehead atoms. The van der Waals surface area contributed by atoms with Gasteiger partial charge in [-0.3, -0.25) is 0 Å². The molecule has 0 aliphatic carbocycles. The van der Waals surface area contributed by atoms with Gasteiger partial charge in [-0.25, -0.2) is 28.0 Å². The molecule has 0 radical (unpaired) electrons. The smallest absolute Gasteiger partial charge is 0.741 e. The van der Waals surface area contributed by atoms with Crippen molar-refractivity contribution in [3.63, 3.8) is 0 Å². The summed E-state index contributed by atoms with van der Waals surface area (Å²) in [6.07, 6.45) is 1.50. The van der Waals surface area contributed by atoms with Crippen LogP contribution in [-0.2, 0) is 57.7 Å². The summed E-state index contributed by atoms with van der Waals surface area (Å²) in [7, 11) is -8.21. The van der Waals surface area contributed by atoms with Gasteiger partial charge < -0.3 is 31.7 Å². The van der Waals surface area contributed by atoms with Gasteiger partial charge in [-0.15, -0.1) is 0 Å². The third-order valence-electron chi connectivity index (χ3n) is 1.69. The maximum Gasteiger partial charge on any atom is 2.00 e. The Balaban J connectivity index is -0.000000106. The van der Waals surface area contributed by atoms with E-state index >= 15 is 0 Å². The van der Waals surface area contributed by atoms with Crippen LogP contribution >= 0.6 is 17.2 Å². The monoisotopic (exact) mass is 628 g/mol. The van der Waals surface area contributed by atoms with Crippen LogP contribution in [0.2, 0.25) is 0 Å². The molecular formula is C16H35F3O9P2PdS. The van der Waals surface area contributed by atoms with Gasteiger partial charge in [0.2, 0.25) is 0 Å². The van der Waals surface area contributed by atoms with Gasteiger partial charge in [0.25, 0.3) is 0 Å². The minimum atomic E-state index is -6.09. The van der Waals surface area contributed by atoms with Crippen LogP contribution in [0.25, 0.3) is 0 Å². The van der Waals surface area contributed by atoms with Crippen LogP contribution in [0, 0.1) is 6.92 Å². The van der Waals surface area contributed by atoms with E-state index in [1.165, 1.54) is 6.08 Å². The van der Waals surface area contributed by atoms with E-state index in [1.54, 1.807) is 0 Å². The summed E-state index contributed by atoms with van der Waals surface area (Å²) in [5.41, 5.74) is -5.65. The van der Waals surface area contributed by atoms with Crippen LogP contribution in [0.5, 0.6) is 0 Å². The Hall–Kier alpha value is 0.592. The first-order valence-corrected chi connectivity index (χ1v) is 12.8. The molecule has 0 saturated heterocycles. The zero-order valence-corrected chi connectivity index (χ0v) is 23.3. The molecule has 200 valence electrons. The van der Waals surface area contributed by atoms with Crippen molar-refractivity contribution in [3.8, 4) is 0 Å². The fourth-order valence-corrected chi connectivity index (χ4v) is 2.57.